The van der Waals surface area contributed by atoms with Gasteiger partial charge in [0.1, 0.15) is 12.0 Å². The van der Waals surface area contributed by atoms with Gasteiger partial charge in [-0.1, -0.05) is 93.6 Å². The minimum atomic E-state index is -1.53. The molecule has 0 saturated carbocycles. The Labute approximate surface area is 216 Å². The monoisotopic (exact) mass is 495 g/mol. The molecule has 1 aliphatic rings. The number of nitrogens with one attached hydrogen (secondary N) is 1. The zero-order valence-electron chi connectivity index (χ0n) is 21.3. The number of esters is 1. The van der Waals surface area contributed by atoms with Crippen LogP contribution in [0.5, 0.6) is 0 Å². The molecule has 0 radical (unpaired) electrons. The van der Waals surface area contributed by atoms with Gasteiger partial charge in [-0.25, -0.2) is 4.79 Å². The molecule has 2 atom stereocenters. The van der Waals surface area contributed by atoms with Crippen molar-refractivity contribution in [2.24, 2.45) is 5.92 Å². The highest BCUT2D eigenvalue weighted by Crippen LogP contribution is 2.38. The number of amides is 1. The van der Waals surface area contributed by atoms with Crippen molar-refractivity contribution in [3.63, 3.8) is 0 Å². The van der Waals surface area contributed by atoms with E-state index >= 15 is 0 Å². The molecular weight excluding hydrogens is 466 g/mol. The lowest BCUT2D eigenvalue weighted by molar-refractivity contribution is -0.143. The number of cyclic esters (lactones) is 1. The maximum absolute atomic E-state index is 13.6. The predicted octanol–water partition coefficient (Wildman–Crippen LogP) is 5.61. The van der Waals surface area contributed by atoms with Gasteiger partial charge >= 0.3 is 5.97 Å². The molecule has 0 aromatic heterocycles. The van der Waals surface area contributed by atoms with Gasteiger partial charge in [0, 0.05) is 11.3 Å². The topological polar surface area (TPSA) is 89.5 Å². The van der Waals surface area contributed by atoms with Crippen LogP contribution in [0.2, 0.25) is 0 Å². The summed E-state index contributed by atoms with van der Waals surface area (Å²) in [6, 6.07) is 21.3. The average molecular weight is 496 g/mol. The molecule has 4 rings (SSSR count). The molecule has 1 heterocycles. The van der Waals surface area contributed by atoms with Crippen molar-refractivity contribution in [2.45, 2.75) is 39.2 Å². The Morgan fingerprint density at radius 2 is 1.59 bits per heavy atom. The maximum Gasteiger partial charge on any atom is 0.339 e. The molecule has 3 aromatic carbocycles. The quantitative estimate of drug-likeness (QED) is 0.199. The summed E-state index contributed by atoms with van der Waals surface area (Å²) in [6.07, 6.45) is 1.63. The highest BCUT2D eigenvalue weighted by Gasteiger charge is 2.45. The van der Waals surface area contributed by atoms with Crippen LogP contribution in [0.3, 0.4) is 0 Å². The second-order valence-corrected chi connectivity index (χ2v) is 10.1. The summed E-state index contributed by atoms with van der Waals surface area (Å²) < 4.78 is 5.50. The van der Waals surface area contributed by atoms with E-state index in [1.54, 1.807) is 30.3 Å². The molecule has 2 unspecified atom stereocenters. The Morgan fingerprint density at radius 1 is 0.919 bits per heavy atom. The largest absolute Gasteiger partial charge is 0.453 e. The fraction of sp³-hybridized carbons (Fsp3) is 0.226. The lowest BCUT2D eigenvalue weighted by Crippen LogP contribution is -2.38. The second-order valence-electron chi connectivity index (χ2n) is 10.1. The van der Waals surface area contributed by atoms with Gasteiger partial charge in [-0.3, -0.25) is 14.4 Å². The molecule has 0 fully saturated rings. The fourth-order valence-electron chi connectivity index (χ4n) is 4.46. The van der Waals surface area contributed by atoms with Crippen LogP contribution in [-0.2, 0) is 24.5 Å². The molecule has 0 spiro atoms. The highest BCUT2D eigenvalue weighted by atomic mass is 16.5. The van der Waals surface area contributed by atoms with E-state index in [4.69, 9.17) is 4.74 Å². The van der Waals surface area contributed by atoms with Crippen LogP contribution in [0.4, 0.5) is 5.69 Å². The Hall–Kier alpha value is -4.32. The Kier molecular flexibility index (Phi) is 7.21. The fourth-order valence-corrected chi connectivity index (χ4v) is 4.46. The molecule has 0 aliphatic carbocycles. The number of rotatable bonds is 7. The van der Waals surface area contributed by atoms with Gasteiger partial charge in [0.2, 0.25) is 5.78 Å². The number of hydrogen-bond acceptors (Lipinski definition) is 5. The summed E-state index contributed by atoms with van der Waals surface area (Å²) >= 11 is 0. The number of anilines is 1. The first-order valence-electron chi connectivity index (χ1n) is 12.1. The molecule has 37 heavy (non-hydrogen) atoms. The summed E-state index contributed by atoms with van der Waals surface area (Å²) in [7, 11) is 0. The van der Waals surface area contributed by atoms with E-state index in [-0.39, 0.29) is 11.0 Å². The van der Waals surface area contributed by atoms with Crippen molar-refractivity contribution in [1.82, 2.24) is 0 Å². The molecular formula is C31H29NO5. The maximum atomic E-state index is 13.6. The molecule has 188 valence electrons. The van der Waals surface area contributed by atoms with Crippen LogP contribution >= 0.6 is 0 Å². The number of aryl methyl sites for hydroxylation is 1. The van der Waals surface area contributed by atoms with Gasteiger partial charge in [0.25, 0.3) is 5.91 Å². The van der Waals surface area contributed by atoms with Crippen LogP contribution in [0.15, 0.2) is 78.9 Å². The second kappa shape index (κ2) is 10.3. The van der Waals surface area contributed by atoms with Crippen LogP contribution in [0.1, 0.15) is 59.5 Å². The van der Waals surface area contributed by atoms with Crippen molar-refractivity contribution >= 4 is 35.2 Å². The van der Waals surface area contributed by atoms with Gasteiger partial charge < -0.3 is 10.1 Å². The van der Waals surface area contributed by atoms with Gasteiger partial charge in [-0.2, -0.15) is 0 Å². The lowest BCUT2D eigenvalue weighted by atomic mass is 9.84. The third-order valence-corrected chi connectivity index (χ3v) is 6.40. The number of ketones is 2. The predicted molar refractivity (Wildman–Crippen MR) is 142 cm³/mol. The minimum Gasteiger partial charge on any atom is -0.453 e. The van der Waals surface area contributed by atoms with Gasteiger partial charge in [-0.05, 0) is 41.2 Å². The first-order chi connectivity index (χ1) is 17.6. The summed E-state index contributed by atoms with van der Waals surface area (Å²) in [6.45, 7) is 7.87. The zero-order valence-corrected chi connectivity index (χ0v) is 21.3. The number of carbonyl (C=O) groups excluding carboxylic acids is 4. The van der Waals surface area contributed by atoms with E-state index in [0.29, 0.717) is 11.3 Å². The molecule has 1 N–H and O–H groups in total. The van der Waals surface area contributed by atoms with Crippen molar-refractivity contribution in [3.05, 3.63) is 107 Å². The Bertz CT molecular complexity index is 1400. The van der Waals surface area contributed by atoms with E-state index in [2.05, 4.69) is 5.32 Å². The van der Waals surface area contributed by atoms with Crippen LogP contribution in [0, 0.1) is 12.8 Å². The highest BCUT2D eigenvalue weighted by molar-refractivity contribution is 6.45. The number of benzene rings is 3. The van der Waals surface area contributed by atoms with Crippen molar-refractivity contribution < 1.29 is 23.9 Å². The third-order valence-electron chi connectivity index (χ3n) is 6.40. The van der Waals surface area contributed by atoms with E-state index < -0.39 is 35.5 Å². The Balaban J connectivity index is 1.70. The number of Topliss-reactive ketones (excluding diaryl/α,β-unsaturated/α-hetero) is 1. The van der Waals surface area contributed by atoms with Crippen molar-refractivity contribution in [1.29, 1.82) is 0 Å². The van der Waals surface area contributed by atoms with E-state index in [9.17, 15) is 19.2 Å². The van der Waals surface area contributed by atoms with Gasteiger partial charge in [0.05, 0.1) is 5.56 Å². The van der Waals surface area contributed by atoms with Gasteiger partial charge in [-0.15, -0.1) is 0 Å². The van der Waals surface area contributed by atoms with Gasteiger partial charge in [0.15, 0.2) is 5.78 Å². The molecule has 1 aliphatic heterocycles. The summed E-state index contributed by atoms with van der Waals surface area (Å²) in [5.41, 5.74) is 3.32. The molecule has 6 nitrogen and oxygen atoms in total. The summed E-state index contributed by atoms with van der Waals surface area (Å²) in [4.78, 5) is 52.9. The number of carbonyl (C=O) groups is 4. The van der Waals surface area contributed by atoms with Crippen molar-refractivity contribution in [2.75, 3.05) is 5.32 Å². The molecule has 6 heteroatoms. The molecule has 1 amide bonds. The van der Waals surface area contributed by atoms with E-state index in [1.807, 2.05) is 76.2 Å². The number of allylic oxidation sites excluding steroid dienone is 1. The summed E-state index contributed by atoms with van der Waals surface area (Å²) in [5.74, 6) is -4.70. The standard InChI is InChI=1S/C31H29NO5/c1-19-11-10-16-23(31(2,3)4)26(19)32-29(35)27(34)25(24(33)18-17-20-12-6-5-7-13-20)28-21-14-8-9-15-22(21)30(36)37-28/h5-18,25,28H,1-4H3,(H,32,35)/b18-17+. The Morgan fingerprint density at radius 3 is 2.30 bits per heavy atom. The van der Waals surface area contributed by atoms with E-state index in [1.165, 1.54) is 6.08 Å². The van der Waals surface area contributed by atoms with Crippen LogP contribution < -0.4 is 5.32 Å². The normalized spacial score (nSPS) is 15.7. The third kappa shape index (κ3) is 5.43. The minimum absolute atomic E-state index is 0.277. The smallest absolute Gasteiger partial charge is 0.339 e. The molecule has 3 aromatic rings. The van der Waals surface area contributed by atoms with E-state index in [0.717, 1.165) is 16.7 Å². The van der Waals surface area contributed by atoms with Crippen LogP contribution in [0.25, 0.3) is 6.08 Å². The number of para-hydroxylation sites is 1. The number of fused-ring (bicyclic) bond motifs is 1. The lowest BCUT2D eigenvalue weighted by Gasteiger charge is -2.25. The molecule has 0 bridgehead atoms. The SMILES string of the molecule is Cc1cccc(C(C)(C)C)c1NC(=O)C(=O)C(C(=O)/C=C/c1ccccc1)C1OC(=O)c2ccccc21. The number of ether oxygens (including phenoxy) is 1. The first-order valence-corrected chi connectivity index (χ1v) is 12.1. The van der Waals surface area contributed by atoms with Crippen molar-refractivity contribution in [3.8, 4) is 0 Å². The summed E-state index contributed by atoms with van der Waals surface area (Å²) in [5, 5.41) is 2.75. The number of hydrogen-bond donors (Lipinski definition) is 1. The zero-order chi connectivity index (χ0) is 26.7. The molecule has 0 saturated heterocycles. The van der Waals surface area contributed by atoms with Crippen LogP contribution in [-0.4, -0.2) is 23.4 Å². The average Bonchev–Trinajstić information content (AvgIpc) is 3.20. The first kappa shape index (κ1) is 25.8.